The first-order valence-electron chi connectivity index (χ1n) is 8.57. The van der Waals surface area contributed by atoms with Crippen LogP contribution in [0.15, 0.2) is 59.4 Å². The number of fused-ring (bicyclic) bond motifs is 3. The first kappa shape index (κ1) is 17.6. The molecule has 0 saturated heterocycles. The molecule has 27 heavy (non-hydrogen) atoms. The molecule has 0 radical (unpaired) electrons. The number of nitrogens with zero attached hydrogens (tertiary/aromatic N) is 3. The number of aryl methyl sites for hydroxylation is 1. The van der Waals surface area contributed by atoms with Crippen LogP contribution in [0.2, 0.25) is 5.02 Å². The number of halogens is 1. The van der Waals surface area contributed by atoms with Crippen LogP contribution in [-0.4, -0.2) is 32.0 Å². The Bertz CT molecular complexity index is 1160. The van der Waals surface area contributed by atoms with Gasteiger partial charge in [0.25, 0.3) is 5.56 Å². The predicted molar refractivity (Wildman–Crippen MR) is 105 cm³/mol. The molecular weight excluding hydrogens is 366 g/mol. The zero-order valence-electron chi connectivity index (χ0n) is 14.7. The first-order valence-corrected chi connectivity index (χ1v) is 8.95. The standard InChI is InChI=1S/C20H18ClN3O3/c1-13-10-19-23(11-15(25)12-27-16-8-6-14(21)7-9-16)20(26)17-4-2-3-5-18(17)24(19)22-13/h2-10,15,25H,11-12H2,1H3. The predicted octanol–water partition coefficient (Wildman–Crippen LogP) is 3.05. The van der Waals surface area contributed by atoms with Crippen LogP contribution in [0.1, 0.15) is 5.69 Å². The maximum absolute atomic E-state index is 13.0. The lowest BCUT2D eigenvalue weighted by Gasteiger charge is -2.16. The number of aliphatic hydroxyl groups is 1. The third kappa shape index (κ3) is 3.41. The topological polar surface area (TPSA) is 68.8 Å². The van der Waals surface area contributed by atoms with Crippen LogP contribution in [-0.2, 0) is 6.54 Å². The average molecular weight is 384 g/mol. The van der Waals surface area contributed by atoms with Gasteiger partial charge in [0.15, 0.2) is 0 Å². The normalized spacial score (nSPS) is 12.6. The highest BCUT2D eigenvalue weighted by Crippen LogP contribution is 2.17. The Labute approximate surface area is 160 Å². The van der Waals surface area contributed by atoms with Crippen LogP contribution in [0.4, 0.5) is 0 Å². The van der Waals surface area contributed by atoms with Crippen LogP contribution in [0.25, 0.3) is 16.6 Å². The summed E-state index contributed by atoms with van der Waals surface area (Å²) in [7, 11) is 0. The summed E-state index contributed by atoms with van der Waals surface area (Å²) in [4.78, 5) is 13.0. The molecule has 0 spiro atoms. The zero-order valence-corrected chi connectivity index (χ0v) is 15.4. The molecule has 7 heteroatoms. The number of rotatable bonds is 5. The van der Waals surface area contributed by atoms with Gasteiger partial charge in [-0.2, -0.15) is 5.10 Å². The van der Waals surface area contributed by atoms with Gasteiger partial charge in [-0.15, -0.1) is 0 Å². The second-order valence-electron chi connectivity index (χ2n) is 6.41. The van der Waals surface area contributed by atoms with Gasteiger partial charge in [-0.05, 0) is 43.3 Å². The highest BCUT2D eigenvalue weighted by atomic mass is 35.5. The van der Waals surface area contributed by atoms with E-state index >= 15 is 0 Å². The number of para-hydroxylation sites is 1. The Morgan fingerprint density at radius 2 is 1.93 bits per heavy atom. The van der Waals surface area contributed by atoms with Crippen molar-refractivity contribution in [1.82, 2.24) is 14.2 Å². The van der Waals surface area contributed by atoms with Gasteiger partial charge >= 0.3 is 0 Å². The minimum absolute atomic E-state index is 0.0557. The minimum atomic E-state index is -0.862. The SMILES string of the molecule is Cc1cc2n(CC(O)COc3ccc(Cl)cc3)c(=O)c3ccccc3n2n1. The van der Waals surface area contributed by atoms with Gasteiger partial charge in [-0.3, -0.25) is 9.36 Å². The van der Waals surface area contributed by atoms with Crippen molar-refractivity contribution in [1.29, 1.82) is 0 Å². The lowest BCUT2D eigenvalue weighted by molar-refractivity contribution is 0.0925. The van der Waals surface area contributed by atoms with E-state index in [0.29, 0.717) is 21.8 Å². The fourth-order valence-corrected chi connectivity index (χ4v) is 3.23. The second-order valence-corrected chi connectivity index (χ2v) is 6.84. The van der Waals surface area contributed by atoms with Crippen molar-refractivity contribution < 1.29 is 9.84 Å². The number of aliphatic hydroxyl groups excluding tert-OH is 1. The van der Waals surface area contributed by atoms with Crippen molar-refractivity contribution in [3.63, 3.8) is 0 Å². The van der Waals surface area contributed by atoms with Gasteiger partial charge in [0, 0.05) is 11.1 Å². The highest BCUT2D eigenvalue weighted by molar-refractivity contribution is 6.30. The van der Waals surface area contributed by atoms with E-state index in [0.717, 1.165) is 11.2 Å². The summed E-state index contributed by atoms with van der Waals surface area (Å²) < 4.78 is 8.87. The molecule has 0 aliphatic carbocycles. The van der Waals surface area contributed by atoms with E-state index in [1.165, 1.54) is 4.57 Å². The van der Waals surface area contributed by atoms with E-state index in [2.05, 4.69) is 5.10 Å². The van der Waals surface area contributed by atoms with Crippen molar-refractivity contribution in [3.05, 3.63) is 75.7 Å². The Morgan fingerprint density at radius 3 is 2.70 bits per heavy atom. The summed E-state index contributed by atoms with van der Waals surface area (Å²) in [6.07, 6.45) is -0.862. The molecule has 0 aliphatic heterocycles. The largest absolute Gasteiger partial charge is 0.491 e. The molecule has 0 amide bonds. The zero-order chi connectivity index (χ0) is 19.0. The van der Waals surface area contributed by atoms with Gasteiger partial charge in [0.2, 0.25) is 0 Å². The van der Waals surface area contributed by atoms with Gasteiger partial charge in [-0.1, -0.05) is 23.7 Å². The monoisotopic (exact) mass is 383 g/mol. The van der Waals surface area contributed by atoms with E-state index < -0.39 is 6.10 Å². The Balaban J connectivity index is 1.65. The number of benzene rings is 2. The van der Waals surface area contributed by atoms with Crippen molar-refractivity contribution >= 4 is 28.2 Å². The molecule has 2 aromatic heterocycles. The van der Waals surface area contributed by atoms with Crippen LogP contribution in [0.5, 0.6) is 5.75 Å². The molecule has 1 N–H and O–H groups in total. The average Bonchev–Trinajstić information content (AvgIpc) is 3.06. The number of hydrogen-bond donors (Lipinski definition) is 1. The third-order valence-electron chi connectivity index (χ3n) is 4.35. The molecule has 2 aromatic carbocycles. The molecule has 4 rings (SSSR count). The quantitative estimate of drug-likeness (QED) is 0.575. The summed E-state index contributed by atoms with van der Waals surface area (Å²) in [5.74, 6) is 0.606. The van der Waals surface area contributed by atoms with E-state index in [4.69, 9.17) is 16.3 Å². The van der Waals surface area contributed by atoms with Crippen molar-refractivity contribution in [3.8, 4) is 5.75 Å². The van der Waals surface area contributed by atoms with Crippen LogP contribution < -0.4 is 10.3 Å². The minimum Gasteiger partial charge on any atom is -0.491 e. The van der Waals surface area contributed by atoms with E-state index in [-0.39, 0.29) is 18.7 Å². The molecule has 1 atom stereocenters. The molecule has 138 valence electrons. The maximum atomic E-state index is 13.0. The van der Waals surface area contributed by atoms with Crippen molar-refractivity contribution in [2.24, 2.45) is 0 Å². The molecule has 2 heterocycles. The molecule has 0 aliphatic rings. The van der Waals surface area contributed by atoms with E-state index in [9.17, 15) is 9.90 Å². The Hall–Kier alpha value is -2.83. The van der Waals surface area contributed by atoms with Gasteiger partial charge in [0.05, 0.1) is 23.1 Å². The van der Waals surface area contributed by atoms with E-state index in [1.807, 2.05) is 31.2 Å². The third-order valence-corrected chi connectivity index (χ3v) is 4.60. The lowest BCUT2D eigenvalue weighted by Crippen LogP contribution is -2.31. The molecule has 0 bridgehead atoms. The fraction of sp³-hybridized carbons (Fsp3) is 0.200. The fourth-order valence-electron chi connectivity index (χ4n) is 3.11. The van der Waals surface area contributed by atoms with Crippen LogP contribution in [0, 0.1) is 6.92 Å². The maximum Gasteiger partial charge on any atom is 0.261 e. The van der Waals surface area contributed by atoms with Crippen molar-refractivity contribution in [2.75, 3.05) is 6.61 Å². The molecule has 0 fully saturated rings. The van der Waals surface area contributed by atoms with Crippen LogP contribution in [0.3, 0.4) is 0 Å². The molecule has 1 unspecified atom stereocenters. The van der Waals surface area contributed by atoms with Gasteiger partial charge in [-0.25, -0.2) is 4.52 Å². The Kier molecular flexibility index (Phi) is 4.59. The van der Waals surface area contributed by atoms with E-state index in [1.54, 1.807) is 34.8 Å². The Morgan fingerprint density at radius 1 is 1.19 bits per heavy atom. The summed E-state index contributed by atoms with van der Waals surface area (Å²) in [5, 5.41) is 16.1. The number of hydrogen-bond acceptors (Lipinski definition) is 4. The lowest BCUT2D eigenvalue weighted by atomic mass is 10.2. The highest BCUT2D eigenvalue weighted by Gasteiger charge is 2.15. The van der Waals surface area contributed by atoms with Gasteiger partial charge < -0.3 is 9.84 Å². The number of ether oxygens (including phenoxy) is 1. The second kappa shape index (κ2) is 7.06. The molecule has 4 aromatic rings. The smallest absolute Gasteiger partial charge is 0.261 e. The summed E-state index contributed by atoms with van der Waals surface area (Å²) >= 11 is 5.85. The van der Waals surface area contributed by atoms with Crippen LogP contribution >= 0.6 is 11.6 Å². The molecule has 0 saturated carbocycles. The number of aromatic nitrogens is 3. The summed E-state index contributed by atoms with van der Waals surface area (Å²) in [6.45, 7) is 2.03. The summed E-state index contributed by atoms with van der Waals surface area (Å²) in [6, 6.07) is 16.0. The van der Waals surface area contributed by atoms with Gasteiger partial charge in [0.1, 0.15) is 24.1 Å². The summed E-state index contributed by atoms with van der Waals surface area (Å²) in [5.41, 5.74) is 2.02. The first-order chi connectivity index (χ1) is 13.0. The molecular formula is C20H18ClN3O3. The van der Waals surface area contributed by atoms with Crippen molar-refractivity contribution in [2.45, 2.75) is 19.6 Å². The molecule has 6 nitrogen and oxygen atoms in total.